The second-order valence-corrected chi connectivity index (χ2v) is 15.8. The van der Waals surface area contributed by atoms with Gasteiger partial charge in [-0.1, -0.05) is 17.7 Å². The predicted molar refractivity (Wildman–Crippen MR) is 192 cm³/mol. The van der Waals surface area contributed by atoms with Crippen LogP contribution in [-0.4, -0.2) is 121 Å². The number of quaternary nitrogens is 1. The molecule has 2 fully saturated rings. The van der Waals surface area contributed by atoms with Crippen molar-refractivity contribution in [3.8, 4) is 17.2 Å². The van der Waals surface area contributed by atoms with E-state index in [1.807, 2.05) is 6.07 Å². The monoisotopic (exact) mass is 796 g/mol. The zero-order chi connectivity index (χ0) is 39.2. The largest absolute Gasteiger partial charge is 0.573 e. The summed E-state index contributed by atoms with van der Waals surface area (Å²) >= 11 is 6.63. The van der Waals surface area contributed by atoms with Gasteiger partial charge in [-0.15, -0.1) is 13.2 Å². The van der Waals surface area contributed by atoms with E-state index < -0.39 is 61.0 Å². The first-order valence-electron chi connectivity index (χ1n) is 17.2. The second kappa shape index (κ2) is 14.8. The van der Waals surface area contributed by atoms with Crippen molar-refractivity contribution in [2.24, 2.45) is 0 Å². The highest BCUT2D eigenvalue weighted by Crippen LogP contribution is 2.58. The number of hydrogen-bond acceptors (Lipinski definition) is 10. The molecule has 0 radical (unpaired) electrons. The molecule has 6 rings (SSSR count). The molecule has 4 atom stereocenters. The predicted octanol–water partition coefficient (Wildman–Crippen LogP) is 3.01. The lowest BCUT2D eigenvalue weighted by molar-refractivity contribution is -0.953. The SMILES string of the molecule is CNC(=O)[C@@H]1C[C@@H](O)C[N+]1(C)C1(c2cc(CCN3CCNCC3)ccc2OC)C(=O)N(S(=O)(=O)c2ccc(OC)cc2OC(F)(F)F)c2ccc(Cl)cc21. The molecule has 0 spiro atoms. The molecule has 2 amide bonds. The van der Waals surface area contributed by atoms with Gasteiger partial charge in [0.05, 0.1) is 38.1 Å². The normalized spacial score (nSPS) is 24.7. The molecule has 3 aromatic carbocycles. The third-order valence-corrected chi connectivity index (χ3v) is 12.6. The van der Waals surface area contributed by atoms with E-state index in [4.69, 9.17) is 21.1 Å². The van der Waals surface area contributed by atoms with Crippen molar-refractivity contribution in [2.45, 2.75) is 41.8 Å². The molecule has 0 aliphatic carbocycles. The number of anilines is 1. The first-order chi connectivity index (χ1) is 25.5. The molecular formula is C36H42ClF3N5O8S+. The standard InChI is InChI=1S/C36H41ClF3N5O8S/c1-41-33(47)29-19-24(46)21-45(29,2)35(27-17-22(5-9-30(27)52-4)11-14-43-15-12-42-13-16-43)26-18-23(37)6-8-28(26)44(34(35)48)54(49,50)32-10-7-25(51-3)20-31(32)53-36(38,39)40/h5-10,17-18,20,24,29,42,46H,11-16,19,21H2,1-4H3/p+1/t24-,29+,35?,45?/m1/s1. The number of alkyl halides is 3. The first-order valence-corrected chi connectivity index (χ1v) is 19.0. The number of sulfonamides is 1. The van der Waals surface area contributed by atoms with E-state index >= 15 is 4.79 Å². The average Bonchev–Trinajstić information content (AvgIpc) is 3.59. The highest BCUT2D eigenvalue weighted by Gasteiger charge is 2.72. The fourth-order valence-corrected chi connectivity index (χ4v) is 9.93. The van der Waals surface area contributed by atoms with Crippen molar-refractivity contribution in [1.29, 1.82) is 0 Å². The third kappa shape index (κ3) is 6.74. The zero-order valence-corrected chi connectivity index (χ0v) is 31.6. The van der Waals surface area contributed by atoms with Crippen LogP contribution < -0.4 is 29.1 Å². The fraction of sp³-hybridized carbons (Fsp3) is 0.444. The molecule has 2 unspecified atom stereocenters. The summed E-state index contributed by atoms with van der Waals surface area (Å²) in [4.78, 5) is 30.8. The summed E-state index contributed by atoms with van der Waals surface area (Å²) in [7, 11) is 0.294. The van der Waals surface area contributed by atoms with Crippen molar-refractivity contribution in [3.63, 3.8) is 0 Å². The maximum atomic E-state index is 15.8. The van der Waals surface area contributed by atoms with Gasteiger partial charge >= 0.3 is 12.3 Å². The summed E-state index contributed by atoms with van der Waals surface area (Å²) < 4.78 is 86.0. The number of nitrogens with zero attached hydrogens (tertiary/aromatic N) is 3. The van der Waals surface area contributed by atoms with E-state index in [1.165, 1.54) is 39.5 Å². The Morgan fingerprint density at radius 2 is 1.78 bits per heavy atom. The lowest BCUT2D eigenvalue weighted by atomic mass is 9.78. The molecule has 54 heavy (non-hydrogen) atoms. The minimum absolute atomic E-state index is 0.0402. The lowest BCUT2D eigenvalue weighted by Gasteiger charge is -2.48. The summed E-state index contributed by atoms with van der Waals surface area (Å²) in [6.45, 7) is 3.78. The number of halogens is 4. The summed E-state index contributed by atoms with van der Waals surface area (Å²) in [6, 6.07) is 10.9. The van der Waals surface area contributed by atoms with Crippen molar-refractivity contribution in [2.75, 3.05) is 71.9 Å². The number of rotatable bonds is 11. The third-order valence-electron chi connectivity index (χ3n) is 10.6. The highest BCUT2D eigenvalue weighted by atomic mass is 35.5. The van der Waals surface area contributed by atoms with E-state index in [0.29, 0.717) is 17.3 Å². The molecule has 0 aromatic heterocycles. The smallest absolute Gasteiger partial charge is 0.497 e. The van der Waals surface area contributed by atoms with Crippen molar-refractivity contribution in [3.05, 3.63) is 76.3 Å². The number of likely N-dealkylation sites (N-methyl/N-ethyl adjacent to an activating group) is 2. The van der Waals surface area contributed by atoms with E-state index in [1.54, 1.807) is 19.2 Å². The molecule has 3 N–H and O–H groups in total. The summed E-state index contributed by atoms with van der Waals surface area (Å²) in [5, 5.41) is 17.3. The van der Waals surface area contributed by atoms with Crippen molar-refractivity contribution >= 4 is 39.1 Å². The van der Waals surface area contributed by atoms with Gasteiger partial charge < -0.3 is 34.9 Å². The number of benzene rings is 3. The second-order valence-electron chi connectivity index (χ2n) is 13.7. The molecule has 18 heteroatoms. The summed E-state index contributed by atoms with van der Waals surface area (Å²) in [5.74, 6) is -2.76. The van der Waals surface area contributed by atoms with Crippen LogP contribution in [0.3, 0.4) is 0 Å². The maximum absolute atomic E-state index is 15.8. The molecule has 3 aliphatic rings. The van der Waals surface area contributed by atoms with E-state index in [-0.39, 0.29) is 46.3 Å². The topological polar surface area (TPSA) is 147 Å². The molecule has 0 saturated carbocycles. The Kier molecular flexibility index (Phi) is 10.9. The van der Waals surface area contributed by atoms with Crippen LogP contribution in [0.1, 0.15) is 23.1 Å². The number of fused-ring (bicyclic) bond motifs is 1. The van der Waals surface area contributed by atoms with Crippen LogP contribution in [0.25, 0.3) is 0 Å². The number of nitrogens with one attached hydrogen (secondary N) is 2. The van der Waals surface area contributed by atoms with Crippen LogP contribution >= 0.6 is 11.6 Å². The molecular weight excluding hydrogens is 755 g/mol. The van der Waals surface area contributed by atoms with Gasteiger partial charge in [0.1, 0.15) is 29.0 Å². The molecule has 0 bridgehead atoms. The van der Waals surface area contributed by atoms with Gasteiger partial charge in [0, 0.05) is 57.3 Å². The lowest BCUT2D eigenvalue weighted by Crippen LogP contribution is -2.69. The Morgan fingerprint density at radius 1 is 1.06 bits per heavy atom. The molecule has 13 nitrogen and oxygen atoms in total. The van der Waals surface area contributed by atoms with Crippen LogP contribution in [0.15, 0.2) is 59.5 Å². The fourth-order valence-electron chi connectivity index (χ4n) is 8.19. The Balaban J connectivity index is 1.65. The summed E-state index contributed by atoms with van der Waals surface area (Å²) in [6.07, 6.45) is -6.00. The molecule has 2 saturated heterocycles. The highest BCUT2D eigenvalue weighted by molar-refractivity contribution is 7.93. The van der Waals surface area contributed by atoms with Gasteiger partial charge in [-0.3, -0.25) is 14.1 Å². The molecule has 292 valence electrons. The van der Waals surface area contributed by atoms with E-state index in [9.17, 15) is 31.5 Å². The van der Waals surface area contributed by atoms with Crippen LogP contribution in [0, 0.1) is 0 Å². The van der Waals surface area contributed by atoms with Crippen LogP contribution in [0.4, 0.5) is 18.9 Å². The van der Waals surface area contributed by atoms with Gasteiger partial charge in [-0.25, -0.2) is 8.42 Å². The van der Waals surface area contributed by atoms with Crippen molar-refractivity contribution < 1.29 is 55.0 Å². The number of ether oxygens (including phenoxy) is 3. The molecule has 3 aliphatic heterocycles. The van der Waals surface area contributed by atoms with Gasteiger partial charge in [-0.05, 0) is 54.4 Å². The minimum Gasteiger partial charge on any atom is -0.497 e. The number of aliphatic hydroxyl groups excluding tert-OH is 1. The van der Waals surface area contributed by atoms with Gasteiger partial charge in [0.15, 0.2) is 11.8 Å². The van der Waals surface area contributed by atoms with Gasteiger partial charge in [0.2, 0.25) is 5.54 Å². The Hall–Kier alpha value is -4.13. The maximum Gasteiger partial charge on any atom is 0.573 e. The van der Waals surface area contributed by atoms with Crippen LogP contribution in [-0.2, 0) is 31.6 Å². The Morgan fingerprint density at radius 3 is 2.43 bits per heavy atom. The average molecular weight is 797 g/mol. The summed E-state index contributed by atoms with van der Waals surface area (Å²) in [5.41, 5.74) is -1.40. The zero-order valence-electron chi connectivity index (χ0n) is 30.1. The Labute approximate surface area is 316 Å². The number of amides is 2. The minimum atomic E-state index is -5.32. The number of aliphatic hydroxyl groups is 1. The first kappa shape index (κ1) is 39.6. The number of likely N-dealkylation sites (tertiary alicyclic amines) is 1. The van der Waals surface area contributed by atoms with Crippen LogP contribution in [0.2, 0.25) is 5.02 Å². The van der Waals surface area contributed by atoms with Gasteiger partial charge in [0.25, 0.3) is 15.9 Å². The number of carbonyl (C=O) groups excluding carboxylic acids is 2. The number of methoxy groups -OCH3 is 2. The quantitative estimate of drug-likeness (QED) is 0.248. The van der Waals surface area contributed by atoms with E-state index in [2.05, 4.69) is 20.3 Å². The number of carbonyl (C=O) groups is 2. The Bertz CT molecular complexity index is 2050. The number of hydrogen-bond donors (Lipinski definition) is 3. The molecule has 3 heterocycles. The number of piperazine rings is 1. The van der Waals surface area contributed by atoms with Crippen molar-refractivity contribution in [1.82, 2.24) is 15.5 Å². The van der Waals surface area contributed by atoms with Crippen LogP contribution in [0.5, 0.6) is 17.2 Å². The van der Waals surface area contributed by atoms with Gasteiger partial charge in [-0.2, -0.15) is 4.31 Å². The molecule has 3 aromatic rings. The van der Waals surface area contributed by atoms with E-state index in [0.717, 1.165) is 49.9 Å².